The number of nitrogens with one attached hydrogen (secondary N) is 2. The van der Waals surface area contributed by atoms with Crippen LogP contribution in [0, 0.1) is 0 Å². The van der Waals surface area contributed by atoms with Crippen molar-refractivity contribution in [3.63, 3.8) is 0 Å². The number of ether oxygens (including phenoxy) is 1. The summed E-state index contributed by atoms with van der Waals surface area (Å²) < 4.78 is 6.56. The number of nitrogens with zero attached hydrogens (tertiary/aromatic N) is 2. The summed E-state index contributed by atoms with van der Waals surface area (Å²) in [5.74, 6) is -0.508. The molecule has 0 saturated heterocycles. The Morgan fingerprint density at radius 1 is 1.41 bits per heavy atom. The Balaban J connectivity index is 1.78. The van der Waals surface area contributed by atoms with Crippen molar-refractivity contribution in [3.8, 4) is 0 Å². The van der Waals surface area contributed by atoms with E-state index in [2.05, 4.69) is 15.6 Å². The number of aryl methyl sites for hydroxylation is 2. The maximum atomic E-state index is 13.1. The van der Waals surface area contributed by atoms with E-state index in [9.17, 15) is 14.4 Å². The first-order valence-corrected chi connectivity index (χ1v) is 9.78. The average Bonchev–Trinajstić information content (AvgIpc) is 3.17. The molecule has 2 aromatic heterocycles. The van der Waals surface area contributed by atoms with Crippen molar-refractivity contribution in [2.45, 2.75) is 45.7 Å². The monoisotopic (exact) mass is 388 g/mol. The summed E-state index contributed by atoms with van der Waals surface area (Å²) in [6.45, 7) is 3.71. The molecule has 9 heteroatoms. The predicted octanol–water partition coefficient (Wildman–Crippen LogP) is 1.47. The SMILES string of the molecule is CCOC(=O)C1=C(Cn2cnc3sc4c(c3c2=O)CCC4)NC(=O)N[C@@H]1C. The quantitative estimate of drug-likeness (QED) is 0.772. The molecule has 8 nitrogen and oxygen atoms in total. The molecule has 0 spiro atoms. The van der Waals surface area contributed by atoms with Gasteiger partial charge in [-0.3, -0.25) is 9.36 Å². The highest BCUT2D eigenvalue weighted by Crippen LogP contribution is 2.34. The maximum Gasteiger partial charge on any atom is 0.337 e. The van der Waals surface area contributed by atoms with Gasteiger partial charge < -0.3 is 15.4 Å². The molecule has 0 aromatic carbocycles. The van der Waals surface area contributed by atoms with Gasteiger partial charge in [0.25, 0.3) is 5.56 Å². The van der Waals surface area contributed by atoms with Crippen LogP contribution in [0.5, 0.6) is 0 Å². The Bertz CT molecular complexity index is 1040. The number of hydrogen-bond donors (Lipinski definition) is 2. The molecule has 0 bridgehead atoms. The minimum atomic E-state index is -0.509. The number of hydrogen-bond acceptors (Lipinski definition) is 6. The van der Waals surface area contributed by atoms with Gasteiger partial charge in [-0.25, -0.2) is 14.6 Å². The standard InChI is InChI=1S/C18H20N4O4S/c1-3-26-17(24)13-9(2)20-18(25)21-11(13)7-22-8-19-15-14(16(22)23)10-5-4-6-12(10)27-15/h8-9H,3-7H2,1-2H3,(H2,20,21,25)/t9-/m1/s1. The van der Waals surface area contributed by atoms with E-state index in [1.807, 2.05) is 0 Å². The maximum absolute atomic E-state index is 13.1. The molecule has 0 fully saturated rings. The molecule has 1 aliphatic heterocycles. The lowest BCUT2D eigenvalue weighted by molar-refractivity contribution is -0.139. The fraction of sp³-hybridized carbons (Fsp3) is 0.444. The highest BCUT2D eigenvalue weighted by atomic mass is 32.1. The van der Waals surface area contributed by atoms with E-state index in [1.54, 1.807) is 25.2 Å². The first-order valence-electron chi connectivity index (χ1n) is 8.97. The normalized spacial score (nSPS) is 19.0. The molecule has 3 heterocycles. The van der Waals surface area contributed by atoms with Gasteiger partial charge in [-0.1, -0.05) is 0 Å². The van der Waals surface area contributed by atoms with Crippen LogP contribution in [-0.4, -0.2) is 34.2 Å². The highest BCUT2D eigenvalue weighted by Gasteiger charge is 2.30. The van der Waals surface area contributed by atoms with Gasteiger partial charge in [0, 0.05) is 4.88 Å². The van der Waals surface area contributed by atoms with Gasteiger partial charge in [-0.05, 0) is 38.7 Å². The van der Waals surface area contributed by atoms with Crippen LogP contribution in [-0.2, 0) is 28.9 Å². The fourth-order valence-electron chi connectivity index (χ4n) is 3.71. The van der Waals surface area contributed by atoms with Crippen molar-refractivity contribution in [1.29, 1.82) is 0 Å². The van der Waals surface area contributed by atoms with E-state index in [1.165, 1.54) is 15.8 Å². The van der Waals surface area contributed by atoms with Crippen LogP contribution in [0.3, 0.4) is 0 Å². The third-order valence-corrected chi connectivity index (χ3v) is 6.09. The van der Waals surface area contributed by atoms with Gasteiger partial charge >= 0.3 is 12.0 Å². The van der Waals surface area contributed by atoms with Crippen LogP contribution in [0.15, 0.2) is 22.4 Å². The van der Waals surface area contributed by atoms with Crippen molar-refractivity contribution >= 4 is 33.6 Å². The largest absolute Gasteiger partial charge is 0.463 e. The number of carbonyl (C=O) groups excluding carboxylic acids is 2. The van der Waals surface area contributed by atoms with Gasteiger partial charge in [-0.2, -0.15) is 0 Å². The zero-order chi connectivity index (χ0) is 19.1. The fourth-order valence-corrected chi connectivity index (χ4v) is 4.93. The Kier molecular flexibility index (Phi) is 4.47. The predicted molar refractivity (Wildman–Crippen MR) is 101 cm³/mol. The molecule has 2 amide bonds. The number of aromatic nitrogens is 2. The number of rotatable bonds is 4. The van der Waals surface area contributed by atoms with Gasteiger partial charge in [0.05, 0.1) is 42.2 Å². The second-order valence-corrected chi connectivity index (χ2v) is 7.73. The van der Waals surface area contributed by atoms with E-state index in [-0.39, 0.29) is 18.7 Å². The van der Waals surface area contributed by atoms with Crippen molar-refractivity contribution in [2.75, 3.05) is 6.61 Å². The summed E-state index contributed by atoms with van der Waals surface area (Å²) in [7, 11) is 0. The van der Waals surface area contributed by atoms with E-state index in [4.69, 9.17) is 4.74 Å². The molecule has 2 aliphatic rings. The van der Waals surface area contributed by atoms with Crippen molar-refractivity contribution in [3.05, 3.63) is 38.4 Å². The van der Waals surface area contributed by atoms with Crippen LogP contribution in [0.25, 0.3) is 10.2 Å². The third-order valence-electron chi connectivity index (χ3n) is 4.89. The average molecular weight is 388 g/mol. The smallest absolute Gasteiger partial charge is 0.337 e. The molecule has 4 rings (SSSR count). The molecule has 142 valence electrons. The Morgan fingerprint density at radius 2 is 2.22 bits per heavy atom. The molecular weight excluding hydrogens is 368 g/mol. The molecule has 1 aliphatic carbocycles. The number of esters is 1. The van der Waals surface area contributed by atoms with E-state index < -0.39 is 18.0 Å². The second kappa shape index (κ2) is 6.80. The molecule has 0 saturated carbocycles. The van der Waals surface area contributed by atoms with Crippen molar-refractivity contribution in [2.24, 2.45) is 0 Å². The summed E-state index contributed by atoms with van der Waals surface area (Å²) in [5, 5.41) is 5.97. The van der Waals surface area contributed by atoms with Gasteiger partial charge in [0.1, 0.15) is 4.83 Å². The van der Waals surface area contributed by atoms with E-state index in [0.717, 1.165) is 29.7 Å². The van der Waals surface area contributed by atoms with Crippen molar-refractivity contribution in [1.82, 2.24) is 20.2 Å². The highest BCUT2D eigenvalue weighted by molar-refractivity contribution is 7.18. The van der Waals surface area contributed by atoms with Crippen LogP contribution in [0.4, 0.5) is 4.79 Å². The van der Waals surface area contributed by atoms with Crippen molar-refractivity contribution < 1.29 is 14.3 Å². The molecule has 0 unspecified atom stereocenters. The zero-order valence-corrected chi connectivity index (χ0v) is 15.9. The first kappa shape index (κ1) is 17.7. The summed E-state index contributed by atoms with van der Waals surface area (Å²) in [6.07, 6.45) is 4.42. The molecule has 2 aromatic rings. The third kappa shape index (κ3) is 3.01. The lowest BCUT2D eigenvalue weighted by Gasteiger charge is -2.26. The Hall–Kier alpha value is -2.68. The van der Waals surface area contributed by atoms with E-state index >= 15 is 0 Å². The van der Waals surface area contributed by atoms with Crippen LogP contribution in [0.2, 0.25) is 0 Å². The van der Waals surface area contributed by atoms with Gasteiger partial charge in [0.15, 0.2) is 0 Å². The number of urea groups is 1. The molecule has 27 heavy (non-hydrogen) atoms. The molecular formula is C18H20N4O4S. The molecule has 2 N–H and O–H groups in total. The summed E-state index contributed by atoms with van der Waals surface area (Å²) in [4.78, 5) is 43.7. The van der Waals surface area contributed by atoms with Crippen LogP contribution >= 0.6 is 11.3 Å². The number of carbonyl (C=O) groups is 2. The number of thiophene rings is 1. The summed E-state index contributed by atoms with van der Waals surface area (Å²) >= 11 is 1.58. The van der Waals surface area contributed by atoms with E-state index in [0.29, 0.717) is 16.7 Å². The lowest BCUT2D eigenvalue weighted by atomic mass is 10.0. The zero-order valence-electron chi connectivity index (χ0n) is 15.1. The molecule has 1 atom stereocenters. The van der Waals surface area contributed by atoms with Gasteiger partial charge in [0.2, 0.25) is 0 Å². The lowest BCUT2D eigenvalue weighted by Crippen LogP contribution is -2.50. The topological polar surface area (TPSA) is 102 Å². The number of fused-ring (bicyclic) bond motifs is 3. The van der Waals surface area contributed by atoms with Crippen LogP contribution in [0.1, 0.15) is 30.7 Å². The first-order chi connectivity index (χ1) is 13.0. The summed E-state index contributed by atoms with van der Waals surface area (Å²) in [6, 6.07) is -0.922. The number of amides is 2. The Morgan fingerprint density at radius 3 is 3.00 bits per heavy atom. The Labute approximate surface area is 159 Å². The minimum Gasteiger partial charge on any atom is -0.463 e. The number of allylic oxidation sites excluding steroid dienone is 1. The second-order valence-electron chi connectivity index (χ2n) is 6.65. The summed E-state index contributed by atoms with van der Waals surface area (Å²) in [5.41, 5.74) is 1.64. The van der Waals surface area contributed by atoms with Crippen LogP contribution < -0.4 is 16.2 Å². The van der Waals surface area contributed by atoms with Gasteiger partial charge in [-0.15, -0.1) is 11.3 Å². The minimum absolute atomic E-state index is 0.0539. The molecule has 0 radical (unpaired) electrons.